The molecule has 1 amide bonds. The third-order valence-electron chi connectivity index (χ3n) is 4.75. The van der Waals surface area contributed by atoms with E-state index in [9.17, 15) is 4.79 Å². The fraction of sp³-hybridized carbons (Fsp3) is 0.300. The second-order valence-electron chi connectivity index (χ2n) is 6.64. The number of carbonyl (C=O) groups is 1. The lowest BCUT2D eigenvalue weighted by Crippen LogP contribution is -2.45. The zero-order chi connectivity index (χ0) is 19.5. The number of methoxy groups -OCH3 is 1. The van der Waals surface area contributed by atoms with Crippen LogP contribution in [0.3, 0.4) is 0 Å². The first-order valence-corrected chi connectivity index (χ1v) is 9.93. The Labute approximate surface area is 167 Å². The molecule has 3 heterocycles. The van der Waals surface area contributed by atoms with Gasteiger partial charge in [0.15, 0.2) is 11.5 Å². The topological polar surface area (TPSA) is 93.5 Å². The van der Waals surface area contributed by atoms with E-state index in [-0.39, 0.29) is 5.91 Å². The molecule has 3 aromatic rings. The highest BCUT2D eigenvalue weighted by molar-refractivity contribution is 7.13. The molecule has 0 saturated carbocycles. The summed E-state index contributed by atoms with van der Waals surface area (Å²) >= 11 is 1.66. The normalized spacial score (nSPS) is 14.7. The van der Waals surface area contributed by atoms with Crippen LogP contribution in [-0.2, 0) is 17.8 Å². The first-order valence-electron chi connectivity index (χ1n) is 9.05. The zero-order valence-electron chi connectivity index (χ0n) is 15.6. The molecule has 1 aliphatic heterocycles. The van der Waals surface area contributed by atoms with Crippen LogP contribution in [0.25, 0.3) is 10.4 Å². The molecule has 0 bridgehead atoms. The van der Waals surface area contributed by atoms with Gasteiger partial charge in [-0.25, -0.2) is 4.98 Å². The molecule has 8 heteroatoms. The third-order valence-corrected chi connectivity index (χ3v) is 5.67. The van der Waals surface area contributed by atoms with Gasteiger partial charge >= 0.3 is 0 Å². The molecule has 1 atom stereocenters. The predicted molar refractivity (Wildman–Crippen MR) is 107 cm³/mol. The molecule has 0 saturated heterocycles. The average Bonchev–Trinajstić information content (AvgIpc) is 3.37. The van der Waals surface area contributed by atoms with E-state index in [0.29, 0.717) is 37.6 Å². The first kappa shape index (κ1) is 18.5. The van der Waals surface area contributed by atoms with E-state index in [1.807, 2.05) is 17.5 Å². The maximum Gasteiger partial charge on any atom is 0.240 e. The molecule has 3 N–H and O–H groups in total. The van der Waals surface area contributed by atoms with E-state index >= 15 is 0 Å². The van der Waals surface area contributed by atoms with Crippen LogP contribution in [0.4, 0.5) is 0 Å². The third kappa shape index (κ3) is 3.74. The van der Waals surface area contributed by atoms with Gasteiger partial charge in [-0.3, -0.25) is 4.79 Å². The van der Waals surface area contributed by atoms with Crippen molar-refractivity contribution in [1.82, 2.24) is 14.9 Å². The molecular weight excluding hydrogens is 376 g/mol. The Morgan fingerprint density at radius 3 is 3.11 bits per heavy atom. The van der Waals surface area contributed by atoms with Gasteiger partial charge in [-0.1, -0.05) is 6.07 Å². The Morgan fingerprint density at radius 1 is 1.50 bits per heavy atom. The molecule has 0 radical (unpaired) electrons. The van der Waals surface area contributed by atoms with E-state index in [1.165, 1.54) is 0 Å². The minimum atomic E-state index is -0.635. The lowest BCUT2D eigenvalue weighted by molar-refractivity contribution is -0.133. The van der Waals surface area contributed by atoms with E-state index < -0.39 is 6.04 Å². The second kappa shape index (κ2) is 8.04. The highest BCUT2D eigenvalue weighted by Gasteiger charge is 2.27. The van der Waals surface area contributed by atoms with Crippen LogP contribution in [0, 0.1) is 0 Å². The fourth-order valence-electron chi connectivity index (χ4n) is 3.36. The Balaban J connectivity index is 1.60. The number of fused-ring (bicyclic) bond motifs is 1. The summed E-state index contributed by atoms with van der Waals surface area (Å²) < 4.78 is 11.5. The van der Waals surface area contributed by atoms with Crippen LogP contribution < -0.4 is 15.2 Å². The van der Waals surface area contributed by atoms with Crippen molar-refractivity contribution >= 4 is 17.2 Å². The molecule has 0 fully saturated rings. The van der Waals surface area contributed by atoms with Crippen molar-refractivity contribution in [3.63, 3.8) is 0 Å². The first-order chi connectivity index (χ1) is 13.7. The Bertz CT molecular complexity index is 941. The van der Waals surface area contributed by atoms with Crippen LogP contribution in [-0.4, -0.2) is 47.1 Å². The number of thiophene rings is 1. The number of carbonyl (C=O) groups excluding carboxylic acids is 1. The van der Waals surface area contributed by atoms with Crippen molar-refractivity contribution < 1.29 is 14.3 Å². The molecule has 0 spiro atoms. The molecule has 4 rings (SSSR count). The maximum absolute atomic E-state index is 12.9. The SMILES string of the molecule is COc1cc(-c2cccs2)cc2c1OCCN(C(=O)C(N)Cc1cnc[nH]1)C2. The van der Waals surface area contributed by atoms with Crippen molar-refractivity contribution in [1.29, 1.82) is 0 Å². The number of H-pyrrole nitrogens is 1. The zero-order valence-corrected chi connectivity index (χ0v) is 16.4. The number of aromatic amines is 1. The number of ether oxygens (including phenoxy) is 2. The van der Waals surface area contributed by atoms with Gasteiger partial charge in [0.2, 0.25) is 5.91 Å². The summed E-state index contributed by atoms with van der Waals surface area (Å²) in [6.07, 6.45) is 3.69. The summed E-state index contributed by atoms with van der Waals surface area (Å²) in [4.78, 5) is 22.8. The Kier molecular flexibility index (Phi) is 5.31. The number of imidazole rings is 1. The Morgan fingerprint density at radius 2 is 2.39 bits per heavy atom. The van der Waals surface area contributed by atoms with Gasteiger partial charge < -0.3 is 25.1 Å². The number of aromatic nitrogens is 2. The van der Waals surface area contributed by atoms with Gasteiger partial charge in [0.25, 0.3) is 0 Å². The number of benzene rings is 1. The van der Waals surface area contributed by atoms with E-state index in [4.69, 9.17) is 15.2 Å². The smallest absolute Gasteiger partial charge is 0.240 e. The molecule has 28 heavy (non-hydrogen) atoms. The fourth-order valence-corrected chi connectivity index (χ4v) is 4.08. The summed E-state index contributed by atoms with van der Waals surface area (Å²) in [5.41, 5.74) is 8.98. The molecule has 146 valence electrons. The van der Waals surface area contributed by atoms with Crippen LogP contribution in [0.15, 0.2) is 42.2 Å². The largest absolute Gasteiger partial charge is 0.493 e. The van der Waals surface area contributed by atoms with Crippen LogP contribution in [0.2, 0.25) is 0 Å². The van der Waals surface area contributed by atoms with Crippen molar-refractivity contribution in [2.45, 2.75) is 19.0 Å². The van der Waals surface area contributed by atoms with Gasteiger partial charge in [-0.05, 0) is 29.1 Å². The summed E-state index contributed by atoms with van der Waals surface area (Å²) in [5.74, 6) is 1.27. The van der Waals surface area contributed by atoms with E-state index in [0.717, 1.165) is 21.7 Å². The average molecular weight is 398 g/mol. The molecule has 1 aromatic carbocycles. The van der Waals surface area contributed by atoms with Gasteiger partial charge in [0.05, 0.1) is 26.0 Å². The molecule has 1 unspecified atom stereocenters. The predicted octanol–water partition coefficient (Wildman–Crippen LogP) is 2.44. The minimum absolute atomic E-state index is 0.105. The highest BCUT2D eigenvalue weighted by atomic mass is 32.1. The quantitative estimate of drug-likeness (QED) is 0.689. The Hall–Kier alpha value is -2.84. The number of rotatable bonds is 5. The number of nitrogens with zero attached hydrogens (tertiary/aromatic N) is 2. The number of hydrogen-bond acceptors (Lipinski definition) is 6. The van der Waals surface area contributed by atoms with Crippen molar-refractivity contribution in [3.05, 3.63) is 53.4 Å². The van der Waals surface area contributed by atoms with Gasteiger partial charge in [-0.2, -0.15) is 0 Å². The molecule has 0 aliphatic carbocycles. The van der Waals surface area contributed by atoms with E-state index in [1.54, 1.807) is 35.9 Å². The number of hydrogen-bond donors (Lipinski definition) is 2. The van der Waals surface area contributed by atoms with Crippen molar-refractivity contribution in [2.75, 3.05) is 20.3 Å². The summed E-state index contributed by atoms with van der Waals surface area (Å²) in [6, 6.07) is 7.48. The molecule has 1 aliphatic rings. The minimum Gasteiger partial charge on any atom is -0.493 e. The summed E-state index contributed by atoms with van der Waals surface area (Å²) in [5, 5.41) is 2.04. The van der Waals surface area contributed by atoms with Gasteiger partial charge in [0, 0.05) is 35.3 Å². The van der Waals surface area contributed by atoms with E-state index in [2.05, 4.69) is 22.1 Å². The molecule has 2 aromatic heterocycles. The standard InChI is InChI=1S/C20H22N4O3S/c1-26-17-8-13(18-3-2-6-28-18)7-14-11-24(4-5-27-19(14)17)20(25)16(21)9-15-10-22-12-23-15/h2-3,6-8,10,12,16H,4-5,9,11,21H2,1H3,(H,22,23). The molecular formula is C20H22N4O3S. The lowest BCUT2D eigenvalue weighted by Gasteiger charge is -2.23. The van der Waals surface area contributed by atoms with Gasteiger partial charge in [0.1, 0.15) is 6.61 Å². The lowest BCUT2D eigenvalue weighted by atomic mass is 10.1. The second-order valence-corrected chi connectivity index (χ2v) is 7.59. The highest BCUT2D eigenvalue weighted by Crippen LogP contribution is 2.39. The number of amides is 1. The number of nitrogens with two attached hydrogens (primary N) is 1. The summed E-state index contributed by atoms with van der Waals surface area (Å²) in [7, 11) is 1.63. The maximum atomic E-state index is 12.9. The van der Waals surface area contributed by atoms with Crippen LogP contribution in [0.1, 0.15) is 11.3 Å². The van der Waals surface area contributed by atoms with Crippen LogP contribution in [0.5, 0.6) is 11.5 Å². The number of nitrogens with one attached hydrogen (secondary N) is 1. The van der Waals surface area contributed by atoms with Crippen molar-refractivity contribution in [2.24, 2.45) is 5.73 Å². The summed E-state index contributed by atoms with van der Waals surface area (Å²) in [6.45, 7) is 1.30. The van der Waals surface area contributed by atoms with Crippen molar-refractivity contribution in [3.8, 4) is 21.9 Å². The monoisotopic (exact) mass is 398 g/mol. The van der Waals surface area contributed by atoms with Gasteiger partial charge in [-0.15, -0.1) is 11.3 Å². The molecule has 7 nitrogen and oxygen atoms in total. The van der Waals surface area contributed by atoms with Crippen LogP contribution >= 0.6 is 11.3 Å².